The molecule has 0 fully saturated rings. The fourth-order valence-corrected chi connectivity index (χ4v) is 1.29. The van der Waals surface area contributed by atoms with Crippen molar-refractivity contribution in [3.8, 4) is 0 Å². The zero-order valence-corrected chi connectivity index (χ0v) is 10.0. The minimum absolute atomic E-state index is 0.0843. The Bertz CT molecular complexity index is 325. The molecule has 1 rings (SSSR count). The third-order valence-electron chi connectivity index (χ3n) is 2.10. The lowest BCUT2D eigenvalue weighted by Crippen LogP contribution is -2.32. The van der Waals surface area contributed by atoms with Crippen molar-refractivity contribution in [1.82, 2.24) is 9.88 Å². The van der Waals surface area contributed by atoms with Crippen molar-refractivity contribution in [2.24, 2.45) is 0 Å². The highest BCUT2D eigenvalue weighted by Crippen LogP contribution is 2.05. The minimum Gasteiger partial charge on any atom is -0.447 e. The van der Waals surface area contributed by atoms with E-state index >= 15 is 0 Å². The second kappa shape index (κ2) is 6.10. The van der Waals surface area contributed by atoms with E-state index in [9.17, 15) is 4.79 Å². The van der Waals surface area contributed by atoms with E-state index in [2.05, 4.69) is 4.98 Å². The van der Waals surface area contributed by atoms with E-state index < -0.39 is 0 Å². The van der Waals surface area contributed by atoms with Gasteiger partial charge in [-0.05, 0) is 38.5 Å². The van der Waals surface area contributed by atoms with Crippen LogP contribution in [-0.2, 0) is 11.3 Å². The lowest BCUT2D eigenvalue weighted by Gasteiger charge is -2.21. The Morgan fingerprint density at radius 1 is 1.44 bits per heavy atom. The molecular formula is C12H18N2O2. The second-order valence-electron chi connectivity index (χ2n) is 3.80. The maximum Gasteiger partial charge on any atom is 0.410 e. The van der Waals surface area contributed by atoms with Crippen LogP contribution in [0.1, 0.15) is 26.3 Å². The standard InChI is InChI=1S/C12H18N2O2/c1-4-14(12(15)16-10(2)3)9-11-5-7-13-8-6-11/h5-8,10H,4,9H2,1-3H3. The van der Waals surface area contributed by atoms with Gasteiger partial charge in [0.25, 0.3) is 0 Å². The summed E-state index contributed by atoms with van der Waals surface area (Å²) in [6.45, 7) is 6.82. The maximum atomic E-state index is 11.7. The van der Waals surface area contributed by atoms with E-state index in [-0.39, 0.29) is 12.2 Å². The van der Waals surface area contributed by atoms with Gasteiger partial charge >= 0.3 is 6.09 Å². The number of carbonyl (C=O) groups excluding carboxylic acids is 1. The summed E-state index contributed by atoms with van der Waals surface area (Å²) < 4.78 is 5.15. The van der Waals surface area contributed by atoms with Crippen LogP contribution in [0.25, 0.3) is 0 Å². The van der Waals surface area contributed by atoms with Crippen LogP contribution in [0.5, 0.6) is 0 Å². The molecule has 1 aromatic rings. The number of ether oxygens (including phenoxy) is 1. The number of pyridine rings is 1. The molecule has 0 radical (unpaired) electrons. The highest BCUT2D eigenvalue weighted by Gasteiger charge is 2.14. The number of amides is 1. The summed E-state index contributed by atoms with van der Waals surface area (Å²) in [5, 5.41) is 0. The predicted molar refractivity (Wildman–Crippen MR) is 61.9 cm³/mol. The Morgan fingerprint density at radius 2 is 2.06 bits per heavy atom. The number of hydrogen-bond donors (Lipinski definition) is 0. The molecular weight excluding hydrogens is 204 g/mol. The average molecular weight is 222 g/mol. The van der Waals surface area contributed by atoms with Gasteiger partial charge in [0.1, 0.15) is 0 Å². The van der Waals surface area contributed by atoms with Gasteiger partial charge in [0.15, 0.2) is 0 Å². The molecule has 0 aliphatic carbocycles. The van der Waals surface area contributed by atoms with E-state index in [1.807, 2.05) is 32.9 Å². The Kier molecular flexibility index (Phi) is 4.76. The first-order valence-corrected chi connectivity index (χ1v) is 5.48. The maximum absolute atomic E-state index is 11.7. The van der Waals surface area contributed by atoms with Gasteiger partial charge in [-0.3, -0.25) is 4.98 Å². The largest absolute Gasteiger partial charge is 0.447 e. The van der Waals surface area contributed by atoms with Crippen LogP contribution in [0.3, 0.4) is 0 Å². The highest BCUT2D eigenvalue weighted by molar-refractivity contribution is 5.67. The number of hydrogen-bond acceptors (Lipinski definition) is 3. The molecule has 4 nitrogen and oxygen atoms in total. The molecule has 16 heavy (non-hydrogen) atoms. The lowest BCUT2D eigenvalue weighted by molar-refractivity contribution is 0.0762. The van der Waals surface area contributed by atoms with E-state index in [1.165, 1.54) is 0 Å². The third kappa shape index (κ3) is 3.88. The van der Waals surface area contributed by atoms with Crippen LogP contribution in [-0.4, -0.2) is 28.6 Å². The van der Waals surface area contributed by atoms with Gasteiger partial charge in [0.2, 0.25) is 0 Å². The first-order valence-electron chi connectivity index (χ1n) is 5.48. The van der Waals surface area contributed by atoms with Gasteiger partial charge in [-0.25, -0.2) is 4.79 Å². The molecule has 1 aromatic heterocycles. The van der Waals surface area contributed by atoms with Crippen molar-refractivity contribution >= 4 is 6.09 Å². The molecule has 0 saturated carbocycles. The van der Waals surface area contributed by atoms with Gasteiger partial charge in [0, 0.05) is 25.5 Å². The quantitative estimate of drug-likeness (QED) is 0.785. The summed E-state index contributed by atoms with van der Waals surface area (Å²) in [5.74, 6) is 0. The smallest absolute Gasteiger partial charge is 0.410 e. The molecule has 0 N–H and O–H groups in total. The molecule has 1 heterocycles. The molecule has 0 spiro atoms. The Labute approximate surface area is 96.2 Å². The monoisotopic (exact) mass is 222 g/mol. The van der Waals surface area contributed by atoms with Crippen molar-refractivity contribution in [1.29, 1.82) is 0 Å². The van der Waals surface area contributed by atoms with Gasteiger partial charge in [-0.15, -0.1) is 0 Å². The zero-order chi connectivity index (χ0) is 12.0. The van der Waals surface area contributed by atoms with Gasteiger partial charge in [-0.2, -0.15) is 0 Å². The van der Waals surface area contributed by atoms with Crippen LogP contribution in [0.4, 0.5) is 4.79 Å². The Balaban J connectivity index is 2.58. The molecule has 0 atom stereocenters. The lowest BCUT2D eigenvalue weighted by atomic mass is 10.2. The van der Waals surface area contributed by atoms with Gasteiger partial charge in [-0.1, -0.05) is 0 Å². The Morgan fingerprint density at radius 3 is 2.56 bits per heavy atom. The van der Waals surface area contributed by atoms with E-state index in [1.54, 1.807) is 17.3 Å². The first-order chi connectivity index (χ1) is 7.63. The van der Waals surface area contributed by atoms with Gasteiger partial charge < -0.3 is 9.64 Å². The van der Waals surface area contributed by atoms with Crippen LogP contribution in [0.2, 0.25) is 0 Å². The molecule has 0 saturated heterocycles. The summed E-state index contributed by atoms with van der Waals surface area (Å²) in [6.07, 6.45) is 3.08. The Hall–Kier alpha value is -1.58. The topological polar surface area (TPSA) is 42.4 Å². The van der Waals surface area contributed by atoms with Crippen LogP contribution >= 0.6 is 0 Å². The van der Waals surface area contributed by atoms with Crippen molar-refractivity contribution in [3.63, 3.8) is 0 Å². The molecule has 0 unspecified atom stereocenters. The summed E-state index contributed by atoms with van der Waals surface area (Å²) >= 11 is 0. The van der Waals surface area contributed by atoms with Crippen molar-refractivity contribution in [2.75, 3.05) is 6.54 Å². The third-order valence-corrected chi connectivity index (χ3v) is 2.10. The highest BCUT2D eigenvalue weighted by atomic mass is 16.6. The fraction of sp³-hybridized carbons (Fsp3) is 0.500. The van der Waals surface area contributed by atoms with Crippen molar-refractivity contribution in [2.45, 2.75) is 33.4 Å². The van der Waals surface area contributed by atoms with Crippen LogP contribution < -0.4 is 0 Å². The van der Waals surface area contributed by atoms with Crippen LogP contribution in [0, 0.1) is 0 Å². The van der Waals surface area contributed by atoms with E-state index in [4.69, 9.17) is 4.74 Å². The number of nitrogens with zero attached hydrogens (tertiary/aromatic N) is 2. The number of carbonyl (C=O) groups is 1. The summed E-state index contributed by atoms with van der Waals surface area (Å²) in [5.41, 5.74) is 1.05. The average Bonchev–Trinajstić information content (AvgIpc) is 2.26. The second-order valence-corrected chi connectivity index (χ2v) is 3.80. The van der Waals surface area contributed by atoms with E-state index in [0.717, 1.165) is 5.56 Å². The SMILES string of the molecule is CCN(Cc1ccncc1)C(=O)OC(C)C. The fourth-order valence-electron chi connectivity index (χ4n) is 1.29. The number of aromatic nitrogens is 1. The minimum atomic E-state index is -0.269. The van der Waals surface area contributed by atoms with Crippen LogP contribution in [0.15, 0.2) is 24.5 Å². The van der Waals surface area contributed by atoms with Crippen molar-refractivity contribution in [3.05, 3.63) is 30.1 Å². The summed E-state index contributed by atoms with van der Waals surface area (Å²) in [4.78, 5) is 17.3. The summed E-state index contributed by atoms with van der Waals surface area (Å²) in [7, 11) is 0. The molecule has 0 aliphatic heterocycles. The first kappa shape index (κ1) is 12.5. The van der Waals surface area contributed by atoms with Gasteiger partial charge in [0.05, 0.1) is 6.10 Å². The molecule has 1 amide bonds. The molecule has 0 aliphatic rings. The van der Waals surface area contributed by atoms with Crippen molar-refractivity contribution < 1.29 is 9.53 Å². The predicted octanol–water partition coefficient (Wildman–Crippen LogP) is 2.45. The molecule has 4 heteroatoms. The molecule has 0 aromatic carbocycles. The molecule has 0 bridgehead atoms. The van der Waals surface area contributed by atoms with E-state index in [0.29, 0.717) is 13.1 Å². The normalized spacial score (nSPS) is 10.2. The zero-order valence-electron chi connectivity index (χ0n) is 10.0. The summed E-state index contributed by atoms with van der Waals surface area (Å²) in [6, 6.07) is 3.79. The number of rotatable bonds is 4. The molecule has 88 valence electrons.